The van der Waals surface area contributed by atoms with Gasteiger partial charge >= 0.3 is 0 Å². The zero-order chi connectivity index (χ0) is 15.6. The molecule has 3 rings (SSSR count). The van der Waals surface area contributed by atoms with E-state index in [1.807, 2.05) is 55.6 Å². The fraction of sp³-hybridized carbons (Fsp3) is 0.263. The Hall–Kier alpha value is -2.60. The summed E-state index contributed by atoms with van der Waals surface area (Å²) in [5.41, 5.74) is 2.39. The zero-order valence-corrected chi connectivity index (χ0v) is 12.6. The number of nitriles is 1. The minimum atomic E-state index is -0.331. The lowest BCUT2D eigenvalue weighted by Gasteiger charge is -2.24. The number of nitrogens with zero attached hydrogens (tertiary/aromatic N) is 2. The van der Waals surface area contributed by atoms with Gasteiger partial charge in [0, 0.05) is 13.6 Å². The Bertz CT molecular complexity index is 727. The van der Waals surface area contributed by atoms with E-state index in [9.17, 15) is 4.79 Å². The van der Waals surface area contributed by atoms with Crippen molar-refractivity contribution in [2.45, 2.75) is 24.8 Å². The average Bonchev–Trinajstić information content (AvgIpc) is 3.37. The van der Waals surface area contributed by atoms with Crippen LogP contribution >= 0.6 is 0 Å². The highest BCUT2D eigenvalue weighted by atomic mass is 16.2. The van der Waals surface area contributed by atoms with E-state index in [2.05, 4.69) is 6.07 Å². The summed E-state index contributed by atoms with van der Waals surface area (Å²) in [4.78, 5) is 14.6. The first-order valence-corrected chi connectivity index (χ1v) is 7.46. The molecule has 110 valence electrons. The third kappa shape index (κ3) is 2.60. The van der Waals surface area contributed by atoms with Gasteiger partial charge in [-0.15, -0.1) is 0 Å². The molecule has 0 bridgehead atoms. The third-order valence-corrected chi connectivity index (χ3v) is 4.31. The van der Waals surface area contributed by atoms with Crippen LogP contribution in [0.5, 0.6) is 0 Å². The number of hydrogen-bond acceptors (Lipinski definition) is 2. The Balaban J connectivity index is 1.76. The largest absolute Gasteiger partial charge is 0.341 e. The molecule has 0 spiro atoms. The minimum Gasteiger partial charge on any atom is -0.341 e. The second-order valence-electron chi connectivity index (χ2n) is 5.92. The van der Waals surface area contributed by atoms with E-state index in [0.29, 0.717) is 12.1 Å². The van der Waals surface area contributed by atoms with Crippen molar-refractivity contribution < 1.29 is 4.79 Å². The van der Waals surface area contributed by atoms with E-state index < -0.39 is 0 Å². The number of hydrogen-bond donors (Lipinski definition) is 0. The number of rotatable bonds is 4. The van der Waals surface area contributed by atoms with Crippen molar-refractivity contribution in [2.75, 3.05) is 7.05 Å². The van der Waals surface area contributed by atoms with Gasteiger partial charge in [0.1, 0.15) is 0 Å². The van der Waals surface area contributed by atoms with Crippen molar-refractivity contribution in [3.8, 4) is 6.07 Å². The lowest BCUT2D eigenvalue weighted by molar-refractivity contribution is -0.133. The Morgan fingerprint density at radius 3 is 2.55 bits per heavy atom. The van der Waals surface area contributed by atoms with E-state index in [4.69, 9.17) is 5.26 Å². The molecule has 1 saturated carbocycles. The number of carbonyl (C=O) groups is 1. The first-order chi connectivity index (χ1) is 10.7. The zero-order valence-electron chi connectivity index (χ0n) is 12.6. The van der Waals surface area contributed by atoms with Gasteiger partial charge in [0.25, 0.3) is 0 Å². The second kappa shape index (κ2) is 5.65. The van der Waals surface area contributed by atoms with Crippen molar-refractivity contribution in [2.24, 2.45) is 0 Å². The number of amides is 1. The van der Waals surface area contributed by atoms with Crippen molar-refractivity contribution in [1.29, 1.82) is 5.26 Å². The van der Waals surface area contributed by atoms with Crippen molar-refractivity contribution >= 4 is 5.91 Å². The third-order valence-electron chi connectivity index (χ3n) is 4.31. The normalized spacial score (nSPS) is 14.9. The standard InChI is InChI=1S/C19H18N2O/c1-21(14-16-7-5-6-15(12-16)13-20)18(22)19(10-11-19)17-8-3-2-4-9-17/h2-9,12H,10-11,14H2,1H3. The number of carbonyl (C=O) groups excluding carboxylic acids is 1. The molecule has 3 nitrogen and oxygen atoms in total. The molecule has 0 aromatic heterocycles. The monoisotopic (exact) mass is 290 g/mol. The van der Waals surface area contributed by atoms with Crippen LogP contribution in [0.1, 0.15) is 29.5 Å². The molecule has 3 heteroatoms. The molecule has 1 amide bonds. The molecule has 0 saturated heterocycles. The fourth-order valence-electron chi connectivity index (χ4n) is 2.96. The van der Waals surface area contributed by atoms with Gasteiger partial charge in [-0.3, -0.25) is 4.79 Å². The van der Waals surface area contributed by atoms with Crippen LogP contribution in [0, 0.1) is 11.3 Å². The summed E-state index contributed by atoms with van der Waals surface area (Å²) in [5.74, 6) is 0.168. The molecular formula is C19H18N2O. The summed E-state index contributed by atoms with van der Waals surface area (Å²) in [6, 6.07) is 19.6. The summed E-state index contributed by atoms with van der Waals surface area (Å²) < 4.78 is 0. The van der Waals surface area contributed by atoms with Crippen LogP contribution in [0.3, 0.4) is 0 Å². The molecule has 0 atom stereocenters. The van der Waals surface area contributed by atoms with Gasteiger partial charge in [-0.25, -0.2) is 0 Å². The SMILES string of the molecule is CN(Cc1cccc(C#N)c1)C(=O)C1(c2ccccc2)CC1. The van der Waals surface area contributed by atoms with Crippen molar-refractivity contribution in [1.82, 2.24) is 4.90 Å². The predicted octanol–water partition coefficient (Wildman–Crippen LogP) is 3.25. The van der Waals surface area contributed by atoms with Gasteiger partial charge in [0.2, 0.25) is 5.91 Å². The fourth-order valence-corrected chi connectivity index (χ4v) is 2.96. The highest BCUT2D eigenvalue weighted by Crippen LogP contribution is 2.49. The molecule has 0 heterocycles. The van der Waals surface area contributed by atoms with E-state index >= 15 is 0 Å². The van der Waals surface area contributed by atoms with Gasteiger partial charge in [-0.2, -0.15) is 5.26 Å². The molecule has 1 fully saturated rings. The number of likely N-dealkylation sites (N-methyl/N-ethyl adjacent to an activating group) is 1. The van der Waals surface area contributed by atoms with Crippen LogP contribution in [-0.4, -0.2) is 17.9 Å². The lowest BCUT2D eigenvalue weighted by atomic mass is 9.94. The van der Waals surface area contributed by atoms with Crippen LogP contribution in [0.4, 0.5) is 0 Å². The summed E-state index contributed by atoms with van der Waals surface area (Å²) >= 11 is 0. The quantitative estimate of drug-likeness (QED) is 0.867. The van der Waals surface area contributed by atoms with Crippen molar-refractivity contribution in [3.63, 3.8) is 0 Å². The van der Waals surface area contributed by atoms with E-state index in [-0.39, 0.29) is 11.3 Å². The summed E-state index contributed by atoms with van der Waals surface area (Å²) in [5, 5.41) is 8.96. The van der Waals surface area contributed by atoms with Crippen LogP contribution in [0.15, 0.2) is 54.6 Å². The minimum absolute atomic E-state index is 0.168. The average molecular weight is 290 g/mol. The topological polar surface area (TPSA) is 44.1 Å². The van der Waals surface area contributed by atoms with Gasteiger partial charge < -0.3 is 4.90 Å². The van der Waals surface area contributed by atoms with Crippen LogP contribution in [0.25, 0.3) is 0 Å². The molecule has 0 aliphatic heterocycles. The molecule has 1 aliphatic carbocycles. The summed E-state index contributed by atoms with van der Waals surface area (Å²) in [6.07, 6.45) is 1.83. The molecular weight excluding hydrogens is 272 g/mol. The second-order valence-corrected chi connectivity index (χ2v) is 5.92. The predicted molar refractivity (Wildman–Crippen MR) is 85.0 cm³/mol. The summed E-state index contributed by atoms with van der Waals surface area (Å²) in [7, 11) is 1.84. The first kappa shape index (κ1) is 14.3. The maximum absolute atomic E-state index is 12.8. The lowest BCUT2D eigenvalue weighted by Crippen LogP contribution is -2.36. The van der Waals surface area contributed by atoms with Gasteiger partial charge in [-0.05, 0) is 36.1 Å². The molecule has 0 radical (unpaired) electrons. The Kier molecular flexibility index (Phi) is 3.68. The Morgan fingerprint density at radius 2 is 1.91 bits per heavy atom. The van der Waals surface area contributed by atoms with Crippen LogP contribution < -0.4 is 0 Å². The van der Waals surface area contributed by atoms with E-state index in [1.54, 1.807) is 11.0 Å². The highest BCUT2D eigenvalue weighted by Gasteiger charge is 2.52. The molecule has 2 aromatic carbocycles. The van der Waals surface area contributed by atoms with Gasteiger partial charge in [-0.1, -0.05) is 42.5 Å². The Morgan fingerprint density at radius 1 is 1.18 bits per heavy atom. The van der Waals surface area contributed by atoms with Gasteiger partial charge in [0.05, 0.1) is 17.0 Å². The maximum atomic E-state index is 12.8. The van der Waals surface area contributed by atoms with E-state index in [1.165, 1.54) is 0 Å². The molecule has 22 heavy (non-hydrogen) atoms. The van der Waals surface area contributed by atoms with E-state index in [0.717, 1.165) is 24.0 Å². The highest BCUT2D eigenvalue weighted by molar-refractivity contribution is 5.91. The Labute approximate surface area is 130 Å². The summed E-state index contributed by atoms with van der Waals surface area (Å²) in [6.45, 7) is 0.531. The maximum Gasteiger partial charge on any atom is 0.233 e. The molecule has 2 aromatic rings. The molecule has 0 unspecified atom stereocenters. The smallest absolute Gasteiger partial charge is 0.233 e. The first-order valence-electron chi connectivity index (χ1n) is 7.46. The van der Waals surface area contributed by atoms with Crippen LogP contribution in [-0.2, 0) is 16.8 Å². The number of benzene rings is 2. The van der Waals surface area contributed by atoms with Gasteiger partial charge in [0.15, 0.2) is 0 Å². The van der Waals surface area contributed by atoms with Crippen molar-refractivity contribution in [3.05, 3.63) is 71.3 Å². The van der Waals surface area contributed by atoms with Crippen LogP contribution in [0.2, 0.25) is 0 Å². The molecule has 1 aliphatic rings. The molecule has 0 N–H and O–H groups in total.